The van der Waals surface area contributed by atoms with Crippen molar-refractivity contribution in [1.82, 2.24) is 15.3 Å². The number of H-pyrrole nitrogens is 1. The van der Waals surface area contributed by atoms with Gasteiger partial charge in [-0.1, -0.05) is 65.9 Å². The highest BCUT2D eigenvalue weighted by atomic mass is 32.2. The number of amides is 1. The van der Waals surface area contributed by atoms with Gasteiger partial charge < -0.3 is 15.0 Å². The van der Waals surface area contributed by atoms with Crippen LogP contribution in [0, 0.1) is 6.92 Å². The van der Waals surface area contributed by atoms with Crippen molar-refractivity contribution in [3.05, 3.63) is 60.2 Å². The van der Waals surface area contributed by atoms with Crippen LogP contribution in [-0.2, 0) is 9.53 Å². The molecule has 0 aliphatic rings. The van der Waals surface area contributed by atoms with Gasteiger partial charge in [-0.2, -0.15) is 0 Å². The summed E-state index contributed by atoms with van der Waals surface area (Å²) in [6.07, 6.45) is 0. The van der Waals surface area contributed by atoms with Gasteiger partial charge in [0.1, 0.15) is 10.9 Å². The zero-order valence-corrected chi connectivity index (χ0v) is 16.3. The van der Waals surface area contributed by atoms with Gasteiger partial charge in [-0.05, 0) is 13.0 Å². The van der Waals surface area contributed by atoms with Crippen molar-refractivity contribution in [1.29, 1.82) is 0 Å². The third-order valence-corrected chi connectivity index (χ3v) is 4.97. The third kappa shape index (κ3) is 5.21. The number of carbonyl (C=O) groups excluding carboxylic acids is 1. The van der Waals surface area contributed by atoms with E-state index in [4.69, 9.17) is 9.72 Å². The molecule has 0 fully saturated rings. The quantitative estimate of drug-likeness (QED) is 0.459. The Morgan fingerprint density at radius 1 is 1.15 bits per heavy atom. The first-order chi connectivity index (χ1) is 13.2. The molecule has 1 heterocycles. The number of ether oxygens (including phenoxy) is 1. The molecule has 3 aromatic rings. The maximum Gasteiger partial charge on any atom is 0.230 e. The molecular formula is C21H23N3O2S. The minimum Gasteiger partial charge on any atom is -0.383 e. The van der Waals surface area contributed by atoms with Crippen LogP contribution in [0.3, 0.4) is 0 Å². The molecule has 140 valence electrons. The van der Waals surface area contributed by atoms with E-state index in [0.717, 1.165) is 27.7 Å². The van der Waals surface area contributed by atoms with Crippen molar-refractivity contribution in [3.8, 4) is 22.6 Å². The monoisotopic (exact) mass is 381 g/mol. The Kier molecular flexibility index (Phi) is 6.68. The number of thioether (sulfide) groups is 1. The molecule has 0 spiro atoms. The van der Waals surface area contributed by atoms with Gasteiger partial charge in [0.25, 0.3) is 0 Å². The molecule has 0 unspecified atom stereocenters. The number of nitrogens with zero attached hydrogens (tertiary/aromatic N) is 1. The van der Waals surface area contributed by atoms with Gasteiger partial charge in [-0.25, -0.2) is 4.98 Å². The number of hydrogen-bond donors (Lipinski definition) is 2. The highest BCUT2D eigenvalue weighted by Gasteiger charge is 2.15. The predicted molar refractivity (Wildman–Crippen MR) is 110 cm³/mol. The second-order valence-corrected chi connectivity index (χ2v) is 7.10. The Bertz CT molecular complexity index is 893. The second-order valence-electron chi connectivity index (χ2n) is 6.13. The summed E-state index contributed by atoms with van der Waals surface area (Å²) in [5.74, 6) is 1.08. The Morgan fingerprint density at radius 2 is 1.93 bits per heavy atom. The van der Waals surface area contributed by atoms with Gasteiger partial charge in [0, 0.05) is 24.8 Å². The number of aryl methyl sites for hydroxylation is 1. The largest absolute Gasteiger partial charge is 0.383 e. The first-order valence-corrected chi connectivity index (χ1v) is 9.77. The summed E-state index contributed by atoms with van der Waals surface area (Å²) in [5.41, 5.74) is 4.19. The summed E-state index contributed by atoms with van der Waals surface area (Å²) in [6.45, 7) is 3.08. The topological polar surface area (TPSA) is 67.0 Å². The maximum atomic E-state index is 12.0. The first-order valence-electron chi connectivity index (χ1n) is 8.78. The lowest BCUT2D eigenvalue weighted by molar-refractivity contribution is -0.118. The van der Waals surface area contributed by atoms with Crippen LogP contribution in [0.5, 0.6) is 0 Å². The van der Waals surface area contributed by atoms with E-state index in [1.54, 1.807) is 7.11 Å². The number of aromatic amines is 1. The number of imidazole rings is 1. The summed E-state index contributed by atoms with van der Waals surface area (Å²) >= 11 is 1.43. The van der Waals surface area contributed by atoms with Crippen LogP contribution in [0.25, 0.3) is 22.6 Å². The fraction of sp³-hybridized carbons (Fsp3) is 0.238. The lowest BCUT2D eigenvalue weighted by atomic mass is 10.1. The number of hydrogen-bond acceptors (Lipinski definition) is 4. The van der Waals surface area contributed by atoms with Crippen molar-refractivity contribution >= 4 is 17.7 Å². The molecule has 5 nitrogen and oxygen atoms in total. The van der Waals surface area contributed by atoms with Crippen molar-refractivity contribution in [2.24, 2.45) is 0 Å². The third-order valence-electron chi connectivity index (χ3n) is 3.99. The standard InChI is InChI=1S/C21H23N3O2S/c1-15-7-6-10-17(13-15)20-23-19(16-8-4-3-5-9-16)21(24-20)27-14-18(25)22-11-12-26-2/h3-10,13H,11-12,14H2,1-2H3,(H,22,25)(H,23,24). The summed E-state index contributed by atoms with van der Waals surface area (Å²) in [6, 6.07) is 18.3. The van der Waals surface area contributed by atoms with E-state index in [2.05, 4.69) is 29.4 Å². The van der Waals surface area contributed by atoms with E-state index in [-0.39, 0.29) is 5.91 Å². The first kappa shape index (κ1) is 19.2. The molecule has 0 aliphatic carbocycles. The van der Waals surface area contributed by atoms with Crippen molar-refractivity contribution in [2.75, 3.05) is 26.0 Å². The fourth-order valence-corrected chi connectivity index (χ4v) is 3.51. The highest BCUT2D eigenvalue weighted by molar-refractivity contribution is 8.00. The molecule has 0 radical (unpaired) electrons. The van der Waals surface area contributed by atoms with Crippen LogP contribution in [0.4, 0.5) is 0 Å². The molecule has 0 saturated carbocycles. The van der Waals surface area contributed by atoms with Crippen LogP contribution < -0.4 is 5.32 Å². The molecule has 2 N–H and O–H groups in total. The number of rotatable bonds is 8. The Morgan fingerprint density at radius 3 is 2.67 bits per heavy atom. The minimum absolute atomic E-state index is 0.0313. The fourth-order valence-electron chi connectivity index (χ4n) is 2.67. The lowest BCUT2D eigenvalue weighted by Crippen LogP contribution is -2.28. The number of aromatic nitrogens is 2. The molecule has 3 rings (SSSR count). The molecule has 0 saturated heterocycles. The summed E-state index contributed by atoms with van der Waals surface area (Å²) < 4.78 is 4.96. The van der Waals surface area contributed by atoms with Crippen LogP contribution in [0.1, 0.15) is 5.56 Å². The Balaban J connectivity index is 1.84. The normalized spacial score (nSPS) is 10.7. The molecule has 1 amide bonds. The molecular weight excluding hydrogens is 358 g/mol. The van der Waals surface area contributed by atoms with Gasteiger partial charge in [-0.3, -0.25) is 4.79 Å². The number of benzene rings is 2. The second kappa shape index (κ2) is 9.39. The number of nitrogens with one attached hydrogen (secondary N) is 2. The summed E-state index contributed by atoms with van der Waals surface area (Å²) in [5, 5.41) is 3.66. The van der Waals surface area contributed by atoms with E-state index in [0.29, 0.717) is 18.9 Å². The van der Waals surface area contributed by atoms with Crippen molar-refractivity contribution in [3.63, 3.8) is 0 Å². The molecule has 1 aromatic heterocycles. The van der Waals surface area contributed by atoms with Crippen LogP contribution in [0.2, 0.25) is 0 Å². The van der Waals surface area contributed by atoms with Gasteiger partial charge in [0.2, 0.25) is 5.91 Å². The average Bonchev–Trinajstić information content (AvgIpc) is 3.12. The molecule has 0 bridgehead atoms. The van der Waals surface area contributed by atoms with E-state index in [1.807, 2.05) is 42.5 Å². The summed E-state index contributed by atoms with van der Waals surface area (Å²) in [4.78, 5) is 20.2. The smallest absolute Gasteiger partial charge is 0.230 e. The average molecular weight is 382 g/mol. The van der Waals surface area contributed by atoms with Crippen LogP contribution in [0.15, 0.2) is 59.6 Å². The number of methoxy groups -OCH3 is 1. The SMILES string of the molecule is COCCNC(=O)CSc1nc(-c2cccc(C)c2)[nH]c1-c1ccccc1. The van der Waals surface area contributed by atoms with E-state index >= 15 is 0 Å². The van der Waals surface area contributed by atoms with Crippen molar-refractivity contribution in [2.45, 2.75) is 11.9 Å². The molecule has 27 heavy (non-hydrogen) atoms. The van der Waals surface area contributed by atoms with Crippen LogP contribution in [-0.4, -0.2) is 41.9 Å². The molecule has 2 aromatic carbocycles. The lowest BCUT2D eigenvalue weighted by Gasteiger charge is -2.04. The van der Waals surface area contributed by atoms with E-state index in [1.165, 1.54) is 17.3 Å². The highest BCUT2D eigenvalue weighted by Crippen LogP contribution is 2.32. The zero-order chi connectivity index (χ0) is 19.1. The van der Waals surface area contributed by atoms with Crippen molar-refractivity contribution < 1.29 is 9.53 Å². The van der Waals surface area contributed by atoms with Gasteiger partial charge >= 0.3 is 0 Å². The zero-order valence-electron chi connectivity index (χ0n) is 15.5. The Hall–Kier alpha value is -2.57. The minimum atomic E-state index is -0.0313. The van der Waals surface area contributed by atoms with Crippen LogP contribution >= 0.6 is 11.8 Å². The predicted octanol–water partition coefficient (Wildman–Crippen LogP) is 3.91. The van der Waals surface area contributed by atoms with E-state index < -0.39 is 0 Å². The summed E-state index contributed by atoms with van der Waals surface area (Å²) in [7, 11) is 1.61. The number of carbonyl (C=O) groups is 1. The van der Waals surface area contributed by atoms with Gasteiger partial charge in [0.05, 0.1) is 18.1 Å². The van der Waals surface area contributed by atoms with Gasteiger partial charge in [0.15, 0.2) is 0 Å². The molecule has 0 atom stereocenters. The molecule has 0 aliphatic heterocycles. The van der Waals surface area contributed by atoms with Gasteiger partial charge in [-0.15, -0.1) is 0 Å². The molecule has 6 heteroatoms. The maximum absolute atomic E-state index is 12.0. The van der Waals surface area contributed by atoms with E-state index in [9.17, 15) is 4.79 Å². The Labute approximate surface area is 163 Å².